The lowest BCUT2D eigenvalue weighted by atomic mass is 10.2. The summed E-state index contributed by atoms with van der Waals surface area (Å²) in [7, 11) is 0. The molecule has 2 aromatic carbocycles. The third-order valence-electron chi connectivity index (χ3n) is 2.90. The van der Waals surface area contributed by atoms with E-state index < -0.39 is 0 Å². The minimum Gasteiger partial charge on any atom is -0.454 e. The lowest BCUT2D eigenvalue weighted by Gasteiger charge is -2.12. The van der Waals surface area contributed by atoms with Crippen LogP contribution < -0.4 is 10.5 Å². The number of benzene rings is 2. The monoisotopic (exact) mass is 284 g/mol. The van der Waals surface area contributed by atoms with Gasteiger partial charge in [0, 0.05) is 4.90 Å². The molecule has 0 saturated heterocycles. The Kier molecular flexibility index (Phi) is 4.54. The number of hydrogen-bond donors (Lipinski definition) is 1. The van der Waals surface area contributed by atoms with E-state index in [1.807, 2.05) is 37.3 Å². The minimum atomic E-state index is 0.545. The number of aryl methyl sites for hydroxylation is 1. The summed E-state index contributed by atoms with van der Waals surface area (Å²) in [5.41, 5.74) is 8.12. The number of thioether (sulfide) groups is 1. The van der Waals surface area contributed by atoms with Gasteiger partial charge in [0.1, 0.15) is 17.4 Å². The number of nitrogens with zero attached hydrogens (tertiary/aromatic N) is 1. The number of rotatable bonds is 4. The number of nitrogen functional groups attached to an aromatic ring is 1. The van der Waals surface area contributed by atoms with E-state index >= 15 is 0 Å². The van der Waals surface area contributed by atoms with Gasteiger partial charge in [-0.3, -0.25) is 0 Å². The van der Waals surface area contributed by atoms with E-state index in [9.17, 15) is 5.26 Å². The lowest BCUT2D eigenvalue weighted by Crippen LogP contribution is -1.96. The first-order valence-electron chi connectivity index (χ1n) is 6.36. The molecule has 3 nitrogen and oxygen atoms in total. The SMILES string of the molecule is CCSc1cccc(Oc2cccc(C)c2N)c1C#N. The van der Waals surface area contributed by atoms with Crippen LogP contribution in [0.25, 0.3) is 0 Å². The van der Waals surface area contributed by atoms with Crippen LogP contribution >= 0.6 is 11.8 Å². The van der Waals surface area contributed by atoms with Crippen LogP contribution in [0.1, 0.15) is 18.1 Å². The van der Waals surface area contributed by atoms with Gasteiger partial charge < -0.3 is 10.5 Å². The Morgan fingerprint density at radius 2 is 1.90 bits per heavy atom. The third-order valence-corrected chi connectivity index (χ3v) is 3.84. The van der Waals surface area contributed by atoms with Crippen LogP contribution in [-0.4, -0.2) is 5.75 Å². The molecule has 102 valence electrons. The predicted molar refractivity (Wildman–Crippen MR) is 83.2 cm³/mol. The molecule has 0 aliphatic rings. The van der Waals surface area contributed by atoms with Crippen LogP contribution in [0.2, 0.25) is 0 Å². The smallest absolute Gasteiger partial charge is 0.150 e. The van der Waals surface area contributed by atoms with Gasteiger partial charge in [-0.15, -0.1) is 11.8 Å². The van der Waals surface area contributed by atoms with Crippen molar-refractivity contribution in [3.63, 3.8) is 0 Å². The summed E-state index contributed by atoms with van der Waals surface area (Å²) in [6.07, 6.45) is 0. The first-order valence-corrected chi connectivity index (χ1v) is 7.34. The molecule has 0 bridgehead atoms. The van der Waals surface area contributed by atoms with Gasteiger partial charge in [-0.25, -0.2) is 0 Å². The molecule has 0 aromatic heterocycles. The molecule has 0 aliphatic heterocycles. The van der Waals surface area contributed by atoms with Crippen molar-refractivity contribution < 1.29 is 4.74 Å². The fourth-order valence-corrected chi connectivity index (χ4v) is 2.62. The molecular weight excluding hydrogens is 268 g/mol. The average molecular weight is 284 g/mol. The summed E-state index contributed by atoms with van der Waals surface area (Å²) >= 11 is 1.62. The van der Waals surface area contributed by atoms with E-state index in [0.717, 1.165) is 16.2 Å². The number of ether oxygens (including phenoxy) is 1. The molecule has 0 spiro atoms. The largest absolute Gasteiger partial charge is 0.454 e. The molecular formula is C16H16N2OS. The molecule has 0 aliphatic carbocycles. The molecule has 0 atom stereocenters. The second-order valence-corrected chi connectivity index (χ2v) is 5.57. The van der Waals surface area contributed by atoms with Crippen molar-refractivity contribution in [2.75, 3.05) is 11.5 Å². The summed E-state index contributed by atoms with van der Waals surface area (Å²) in [4.78, 5) is 0.929. The molecule has 0 amide bonds. The Morgan fingerprint density at radius 3 is 2.60 bits per heavy atom. The number of anilines is 1. The highest BCUT2D eigenvalue weighted by atomic mass is 32.2. The maximum atomic E-state index is 9.35. The van der Waals surface area contributed by atoms with Gasteiger partial charge in [0.15, 0.2) is 5.75 Å². The Bertz CT molecular complexity index is 662. The Labute approximate surface area is 123 Å². The van der Waals surface area contributed by atoms with Crippen LogP contribution in [0.4, 0.5) is 5.69 Å². The first-order chi connectivity index (χ1) is 9.67. The molecule has 4 heteroatoms. The van der Waals surface area contributed by atoms with Gasteiger partial charge in [0.05, 0.1) is 5.69 Å². The number of nitrogens with two attached hydrogens (primary N) is 1. The van der Waals surface area contributed by atoms with Crippen LogP contribution in [0, 0.1) is 18.3 Å². The second-order valence-electron chi connectivity index (χ2n) is 4.26. The normalized spacial score (nSPS) is 10.1. The highest BCUT2D eigenvalue weighted by Crippen LogP contribution is 2.35. The first kappa shape index (κ1) is 14.3. The van der Waals surface area contributed by atoms with Crippen LogP contribution in [-0.2, 0) is 0 Å². The Morgan fingerprint density at radius 1 is 1.20 bits per heavy atom. The summed E-state index contributed by atoms with van der Waals surface area (Å²) in [5, 5.41) is 9.35. The fourth-order valence-electron chi connectivity index (χ4n) is 1.84. The maximum Gasteiger partial charge on any atom is 0.150 e. The molecule has 2 N–H and O–H groups in total. The van der Waals surface area contributed by atoms with Crippen molar-refractivity contribution in [1.29, 1.82) is 5.26 Å². The molecule has 0 saturated carbocycles. The van der Waals surface area contributed by atoms with E-state index in [1.165, 1.54) is 0 Å². The third kappa shape index (κ3) is 2.89. The van der Waals surface area contributed by atoms with E-state index in [0.29, 0.717) is 22.7 Å². The van der Waals surface area contributed by atoms with E-state index in [1.54, 1.807) is 17.8 Å². The van der Waals surface area contributed by atoms with E-state index in [4.69, 9.17) is 10.5 Å². The van der Waals surface area contributed by atoms with Crippen molar-refractivity contribution in [2.24, 2.45) is 0 Å². The molecule has 2 aromatic rings. The molecule has 0 heterocycles. The summed E-state index contributed by atoms with van der Waals surface area (Å²) in [5.74, 6) is 2.04. The number of nitriles is 1. The zero-order valence-corrected chi connectivity index (χ0v) is 12.3. The van der Waals surface area contributed by atoms with Crippen molar-refractivity contribution in [2.45, 2.75) is 18.7 Å². The molecule has 20 heavy (non-hydrogen) atoms. The van der Waals surface area contributed by atoms with Gasteiger partial charge in [0.2, 0.25) is 0 Å². The molecule has 2 rings (SSSR count). The maximum absolute atomic E-state index is 9.35. The van der Waals surface area contributed by atoms with Gasteiger partial charge in [-0.2, -0.15) is 5.26 Å². The average Bonchev–Trinajstić information content (AvgIpc) is 2.44. The molecule has 0 fully saturated rings. The Hall–Kier alpha value is -2.12. The Balaban J connectivity index is 2.41. The van der Waals surface area contributed by atoms with E-state index in [-0.39, 0.29) is 0 Å². The van der Waals surface area contributed by atoms with Crippen LogP contribution in [0.3, 0.4) is 0 Å². The van der Waals surface area contributed by atoms with Crippen molar-refractivity contribution in [3.8, 4) is 17.6 Å². The molecule has 0 unspecified atom stereocenters. The summed E-state index contributed by atoms with van der Waals surface area (Å²) in [6, 6.07) is 13.4. The highest BCUT2D eigenvalue weighted by molar-refractivity contribution is 7.99. The van der Waals surface area contributed by atoms with Crippen molar-refractivity contribution >= 4 is 17.4 Å². The van der Waals surface area contributed by atoms with E-state index in [2.05, 4.69) is 13.0 Å². The summed E-state index contributed by atoms with van der Waals surface area (Å²) in [6.45, 7) is 3.98. The van der Waals surface area contributed by atoms with Gasteiger partial charge >= 0.3 is 0 Å². The summed E-state index contributed by atoms with van der Waals surface area (Å²) < 4.78 is 5.84. The zero-order valence-electron chi connectivity index (χ0n) is 11.5. The second kappa shape index (κ2) is 6.36. The van der Waals surface area contributed by atoms with Crippen molar-refractivity contribution in [3.05, 3.63) is 47.5 Å². The van der Waals surface area contributed by atoms with Gasteiger partial charge in [-0.1, -0.05) is 25.1 Å². The van der Waals surface area contributed by atoms with Crippen molar-refractivity contribution in [1.82, 2.24) is 0 Å². The predicted octanol–water partition coefficient (Wildman–Crippen LogP) is 4.35. The minimum absolute atomic E-state index is 0.545. The number of para-hydroxylation sites is 1. The standard InChI is InChI=1S/C16H16N2OS/c1-3-20-15-9-5-7-13(12(15)10-17)19-14-8-4-6-11(2)16(14)18/h4-9H,3,18H2,1-2H3. The number of hydrogen-bond acceptors (Lipinski definition) is 4. The topological polar surface area (TPSA) is 59.0 Å². The zero-order chi connectivity index (χ0) is 14.5. The lowest BCUT2D eigenvalue weighted by molar-refractivity contribution is 0.481. The molecule has 0 radical (unpaired) electrons. The highest BCUT2D eigenvalue weighted by Gasteiger charge is 2.12. The van der Waals surface area contributed by atoms with Gasteiger partial charge in [-0.05, 0) is 36.4 Å². The van der Waals surface area contributed by atoms with Crippen LogP contribution in [0.5, 0.6) is 11.5 Å². The quantitative estimate of drug-likeness (QED) is 0.669. The van der Waals surface area contributed by atoms with Gasteiger partial charge in [0.25, 0.3) is 0 Å². The fraction of sp³-hybridized carbons (Fsp3) is 0.188. The van der Waals surface area contributed by atoms with Crippen LogP contribution in [0.15, 0.2) is 41.3 Å².